The first kappa shape index (κ1) is 16.2. The van der Waals surface area contributed by atoms with Gasteiger partial charge in [-0.15, -0.1) is 11.3 Å². The van der Waals surface area contributed by atoms with Crippen LogP contribution < -0.4 is 5.32 Å². The fraction of sp³-hybridized carbons (Fsp3) is 0.625. The topological polar surface area (TPSA) is 55.4 Å². The van der Waals surface area contributed by atoms with Crippen molar-refractivity contribution in [3.05, 3.63) is 21.9 Å². The lowest BCUT2D eigenvalue weighted by atomic mass is 9.88. The second-order valence-corrected chi connectivity index (χ2v) is 6.73. The molecule has 0 aliphatic heterocycles. The van der Waals surface area contributed by atoms with Gasteiger partial charge in [0.25, 0.3) is 5.91 Å². The van der Waals surface area contributed by atoms with Gasteiger partial charge in [0.15, 0.2) is 5.78 Å². The summed E-state index contributed by atoms with van der Waals surface area (Å²) in [6, 6.07) is 3.39. The molecule has 1 N–H and O–H groups in total. The summed E-state index contributed by atoms with van der Waals surface area (Å²) in [4.78, 5) is 24.3. The maximum Gasteiger partial charge on any atom is 0.261 e. The summed E-state index contributed by atoms with van der Waals surface area (Å²) in [5, 5.41) is 2.84. The van der Waals surface area contributed by atoms with Gasteiger partial charge in [0.05, 0.1) is 22.5 Å². The number of amides is 1. The zero-order valence-electron chi connectivity index (χ0n) is 12.7. The average molecular weight is 309 g/mol. The van der Waals surface area contributed by atoms with Crippen molar-refractivity contribution in [1.82, 2.24) is 5.32 Å². The van der Waals surface area contributed by atoms with Crippen molar-refractivity contribution in [1.29, 1.82) is 0 Å². The van der Waals surface area contributed by atoms with Crippen LogP contribution in [0.1, 0.15) is 58.9 Å². The summed E-state index contributed by atoms with van der Waals surface area (Å²) in [6.07, 6.45) is 5.24. The number of carbonyl (C=O) groups is 2. The Morgan fingerprint density at radius 2 is 2.00 bits per heavy atom. The van der Waals surface area contributed by atoms with Gasteiger partial charge in [-0.25, -0.2) is 0 Å². The Bertz CT molecular complexity index is 497. The minimum atomic E-state index is -0.132. The second-order valence-electron chi connectivity index (χ2n) is 5.65. The Balaban J connectivity index is 1.70. The van der Waals surface area contributed by atoms with Gasteiger partial charge in [0, 0.05) is 6.54 Å². The largest absolute Gasteiger partial charge is 0.376 e. The van der Waals surface area contributed by atoms with Crippen LogP contribution in [-0.4, -0.2) is 30.9 Å². The first-order valence-electron chi connectivity index (χ1n) is 7.58. The summed E-state index contributed by atoms with van der Waals surface area (Å²) in [5.41, 5.74) is 0. The minimum Gasteiger partial charge on any atom is -0.376 e. The molecule has 1 aliphatic carbocycles. The summed E-state index contributed by atoms with van der Waals surface area (Å²) in [6.45, 7) is 4.80. The van der Waals surface area contributed by atoms with E-state index >= 15 is 0 Å². The highest BCUT2D eigenvalue weighted by atomic mass is 32.1. The number of ketones is 1. The Hall–Kier alpha value is -1.20. The summed E-state index contributed by atoms with van der Waals surface area (Å²) >= 11 is 1.23. The number of thiophene rings is 1. The predicted molar refractivity (Wildman–Crippen MR) is 84.0 cm³/mol. The second kappa shape index (κ2) is 7.71. The molecule has 0 spiro atoms. The Labute approximate surface area is 129 Å². The molecule has 0 unspecified atom stereocenters. The molecular weight excluding hydrogens is 286 g/mol. The molecule has 1 aliphatic rings. The van der Waals surface area contributed by atoms with E-state index in [1.165, 1.54) is 37.5 Å². The standard InChI is InChI=1S/C16H23NO3S/c1-11-5-3-4-6-13(11)20-10-9-17-16(19)15-8-7-14(21-15)12(2)18/h7-8,11,13H,3-6,9-10H2,1-2H3,(H,17,19)/t11-,13+/m0/s1. The Kier molecular flexibility index (Phi) is 5.94. The Morgan fingerprint density at radius 3 is 2.67 bits per heavy atom. The van der Waals surface area contributed by atoms with Crippen molar-refractivity contribution < 1.29 is 14.3 Å². The van der Waals surface area contributed by atoms with Crippen molar-refractivity contribution in [2.24, 2.45) is 5.92 Å². The molecule has 0 radical (unpaired) electrons. The summed E-state index contributed by atoms with van der Waals surface area (Å²) in [7, 11) is 0. The quantitative estimate of drug-likeness (QED) is 0.648. The van der Waals surface area contributed by atoms with Gasteiger partial charge < -0.3 is 10.1 Å². The van der Waals surface area contributed by atoms with Crippen LogP contribution in [0.25, 0.3) is 0 Å². The van der Waals surface area contributed by atoms with Crippen LogP contribution >= 0.6 is 11.3 Å². The van der Waals surface area contributed by atoms with Crippen molar-refractivity contribution in [2.45, 2.75) is 45.6 Å². The number of carbonyl (C=O) groups excluding carboxylic acids is 2. The van der Waals surface area contributed by atoms with Gasteiger partial charge in [-0.2, -0.15) is 0 Å². The van der Waals surface area contributed by atoms with Crippen molar-refractivity contribution in [2.75, 3.05) is 13.2 Å². The molecule has 1 amide bonds. The molecule has 1 aromatic heterocycles. The molecule has 2 atom stereocenters. The molecule has 0 bridgehead atoms. The van der Waals surface area contributed by atoms with Crippen LogP contribution in [0.15, 0.2) is 12.1 Å². The van der Waals surface area contributed by atoms with Crippen LogP contribution in [0, 0.1) is 5.92 Å². The first-order valence-corrected chi connectivity index (χ1v) is 8.40. The fourth-order valence-electron chi connectivity index (χ4n) is 2.64. The molecule has 1 aromatic rings. The number of Topliss-reactive ketones (excluding diaryl/α,β-unsaturated/α-hetero) is 1. The maximum atomic E-state index is 11.9. The van der Waals surface area contributed by atoms with Gasteiger partial charge in [-0.3, -0.25) is 9.59 Å². The highest BCUT2D eigenvalue weighted by molar-refractivity contribution is 7.15. The first-order chi connectivity index (χ1) is 10.1. The summed E-state index contributed by atoms with van der Waals surface area (Å²) in [5.74, 6) is 0.478. The average Bonchev–Trinajstić information content (AvgIpc) is 2.95. The van der Waals surface area contributed by atoms with Gasteiger partial charge in [-0.1, -0.05) is 19.8 Å². The SMILES string of the molecule is CC(=O)c1ccc(C(=O)NCCO[C@@H]2CCCC[C@@H]2C)s1. The maximum absolute atomic E-state index is 11.9. The van der Waals surface area contributed by atoms with Crippen molar-refractivity contribution in [3.63, 3.8) is 0 Å². The van der Waals surface area contributed by atoms with Crippen molar-refractivity contribution in [3.8, 4) is 0 Å². The molecule has 0 saturated heterocycles. The Morgan fingerprint density at radius 1 is 1.29 bits per heavy atom. The van der Waals surface area contributed by atoms with E-state index in [-0.39, 0.29) is 11.7 Å². The fourth-order valence-corrected chi connectivity index (χ4v) is 3.46. The van der Waals surface area contributed by atoms with E-state index in [1.807, 2.05) is 0 Å². The number of nitrogens with one attached hydrogen (secondary N) is 1. The lowest BCUT2D eigenvalue weighted by Crippen LogP contribution is -2.31. The third-order valence-electron chi connectivity index (χ3n) is 3.93. The lowest BCUT2D eigenvalue weighted by Gasteiger charge is -2.28. The van der Waals surface area contributed by atoms with Crippen molar-refractivity contribution >= 4 is 23.0 Å². The molecule has 5 heteroatoms. The summed E-state index contributed by atoms with van der Waals surface area (Å²) < 4.78 is 5.86. The molecule has 21 heavy (non-hydrogen) atoms. The van der Waals surface area contributed by atoms with E-state index in [9.17, 15) is 9.59 Å². The number of hydrogen-bond donors (Lipinski definition) is 1. The third kappa shape index (κ3) is 4.64. The highest BCUT2D eigenvalue weighted by Gasteiger charge is 2.21. The van der Waals surface area contributed by atoms with E-state index in [1.54, 1.807) is 12.1 Å². The molecule has 2 rings (SSSR count). The van der Waals surface area contributed by atoms with Crippen LogP contribution in [0.2, 0.25) is 0 Å². The van der Waals surface area contributed by atoms with E-state index < -0.39 is 0 Å². The normalized spacial score (nSPS) is 22.0. The van der Waals surface area contributed by atoms with E-state index in [0.717, 1.165) is 6.42 Å². The molecule has 1 heterocycles. The van der Waals surface area contributed by atoms with Crippen LogP contribution in [0.4, 0.5) is 0 Å². The smallest absolute Gasteiger partial charge is 0.261 e. The number of rotatable bonds is 6. The number of hydrogen-bond acceptors (Lipinski definition) is 4. The molecule has 4 nitrogen and oxygen atoms in total. The van der Waals surface area contributed by atoms with Gasteiger partial charge >= 0.3 is 0 Å². The highest BCUT2D eigenvalue weighted by Crippen LogP contribution is 2.26. The van der Waals surface area contributed by atoms with E-state index in [4.69, 9.17) is 4.74 Å². The van der Waals surface area contributed by atoms with Crippen LogP contribution in [-0.2, 0) is 4.74 Å². The van der Waals surface area contributed by atoms with Gasteiger partial charge in [0.2, 0.25) is 0 Å². The van der Waals surface area contributed by atoms with E-state index in [2.05, 4.69) is 12.2 Å². The van der Waals surface area contributed by atoms with Gasteiger partial charge in [0.1, 0.15) is 0 Å². The zero-order chi connectivity index (χ0) is 15.2. The molecule has 1 fully saturated rings. The minimum absolute atomic E-state index is 0.00586. The molecular formula is C16H23NO3S. The monoisotopic (exact) mass is 309 g/mol. The zero-order valence-corrected chi connectivity index (χ0v) is 13.5. The molecule has 0 aromatic carbocycles. The molecule has 116 valence electrons. The molecule has 1 saturated carbocycles. The predicted octanol–water partition coefficient (Wildman–Crippen LogP) is 3.28. The van der Waals surface area contributed by atoms with Crippen LogP contribution in [0.5, 0.6) is 0 Å². The van der Waals surface area contributed by atoms with E-state index in [0.29, 0.717) is 34.9 Å². The van der Waals surface area contributed by atoms with Crippen LogP contribution in [0.3, 0.4) is 0 Å². The third-order valence-corrected chi connectivity index (χ3v) is 5.11. The number of ether oxygens (including phenoxy) is 1. The lowest BCUT2D eigenvalue weighted by molar-refractivity contribution is -0.00292. The van der Waals surface area contributed by atoms with Gasteiger partial charge in [-0.05, 0) is 37.8 Å².